The van der Waals surface area contributed by atoms with Crippen LogP contribution in [0.5, 0.6) is 0 Å². The Morgan fingerprint density at radius 2 is 1.91 bits per heavy atom. The molecule has 0 atom stereocenters. The maximum Gasteiger partial charge on any atom is 0.256 e. The second-order valence-electron chi connectivity index (χ2n) is 8.20. The van der Waals surface area contributed by atoms with Crippen molar-refractivity contribution in [3.05, 3.63) is 82.0 Å². The summed E-state index contributed by atoms with van der Waals surface area (Å²) in [5.41, 5.74) is 8.02. The zero-order chi connectivity index (χ0) is 23.8. The van der Waals surface area contributed by atoms with E-state index >= 15 is 0 Å². The van der Waals surface area contributed by atoms with Crippen molar-refractivity contribution in [2.45, 2.75) is 20.8 Å². The van der Waals surface area contributed by atoms with E-state index < -0.39 is 0 Å². The third-order valence-corrected chi connectivity index (χ3v) is 6.84. The van der Waals surface area contributed by atoms with Crippen molar-refractivity contribution >= 4 is 40.5 Å². The van der Waals surface area contributed by atoms with E-state index in [-0.39, 0.29) is 11.8 Å². The van der Waals surface area contributed by atoms with Crippen LogP contribution < -0.4 is 10.6 Å². The Kier molecular flexibility index (Phi) is 5.63. The van der Waals surface area contributed by atoms with Crippen LogP contribution in [-0.2, 0) is 4.79 Å². The van der Waals surface area contributed by atoms with Crippen LogP contribution in [0.3, 0.4) is 0 Å². The standard InChI is InChI=1S/C27H24N4O2S/c1-4-28-26(33)24-15(2)22(29-16(24)3)13-20-19-12-18(10-11-21(19)30-25(20)32)23-14-34-27(31-23)17-8-6-5-7-9-17/h5-14,29H,4H2,1-3H3,(H,28,33)(H,30,32). The van der Waals surface area contributed by atoms with E-state index in [1.54, 1.807) is 11.3 Å². The topological polar surface area (TPSA) is 86.9 Å². The molecular weight excluding hydrogens is 444 g/mol. The summed E-state index contributed by atoms with van der Waals surface area (Å²) in [6.45, 7) is 6.21. The number of H-pyrrole nitrogens is 1. The monoisotopic (exact) mass is 468 g/mol. The molecule has 2 aromatic carbocycles. The van der Waals surface area contributed by atoms with Gasteiger partial charge >= 0.3 is 0 Å². The first kappa shape index (κ1) is 21.9. The summed E-state index contributed by atoms with van der Waals surface area (Å²) in [5, 5.41) is 8.78. The highest BCUT2D eigenvalue weighted by molar-refractivity contribution is 7.13. The van der Waals surface area contributed by atoms with Gasteiger partial charge < -0.3 is 15.6 Å². The van der Waals surface area contributed by atoms with Crippen LogP contribution in [0.4, 0.5) is 5.69 Å². The molecule has 2 amide bonds. The number of fused-ring (bicyclic) bond motifs is 1. The van der Waals surface area contributed by atoms with Gasteiger partial charge in [-0.2, -0.15) is 0 Å². The molecule has 1 aliphatic heterocycles. The molecule has 0 bridgehead atoms. The molecule has 0 unspecified atom stereocenters. The lowest BCUT2D eigenvalue weighted by atomic mass is 10.0. The number of anilines is 1. The third-order valence-electron chi connectivity index (χ3n) is 5.95. The average molecular weight is 469 g/mol. The molecule has 1 aliphatic rings. The predicted octanol–water partition coefficient (Wildman–Crippen LogP) is 5.66. The van der Waals surface area contributed by atoms with E-state index in [4.69, 9.17) is 4.98 Å². The minimum atomic E-state index is -0.165. The molecule has 5 rings (SSSR count). The van der Waals surface area contributed by atoms with Crippen LogP contribution in [0.2, 0.25) is 0 Å². The van der Waals surface area contributed by atoms with Crippen molar-refractivity contribution < 1.29 is 9.59 Å². The zero-order valence-corrected chi connectivity index (χ0v) is 20.0. The second-order valence-corrected chi connectivity index (χ2v) is 9.06. The highest BCUT2D eigenvalue weighted by Gasteiger charge is 2.26. The molecule has 4 aromatic rings. The number of carbonyl (C=O) groups excluding carboxylic acids is 2. The lowest BCUT2D eigenvalue weighted by Crippen LogP contribution is -2.23. The fourth-order valence-electron chi connectivity index (χ4n) is 4.26. The molecule has 170 valence electrons. The van der Waals surface area contributed by atoms with Gasteiger partial charge in [-0.1, -0.05) is 36.4 Å². The number of nitrogens with one attached hydrogen (secondary N) is 3. The molecule has 3 heterocycles. The Balaban J connectivity index is 1.52. The number of carbonyl (C=O) groups is 2. The van der Waals surface area contributed by atoms with Crippen LogP contribution in [0.25, 0.3) is 33.5 Å². The van der Waals surface area contributed by atoms with E-state index in [0.717, 1.165) is 50.0 Å². The van der Waals surface area contributed by atoms with Gasteiger partial charge in [0.1, 0.15) is 5.01 Å². The van der Waals surface area contributed by atoms with Crippen molar-refractivity contribution in [1.82, 2.24) is 15.3 Å². The third kappa shape index (κ3) is 3.84. The Morgan fingerprint density at radius 1 is 1.12 bits per heavy atom. The molecule has 3 N–H and O–H groups in total. The van der Waals surface area contributed by atoms with E-state index in [2.05, 4.69) is 15.6 Å². The summed E-state index contributed by atoms with van der Waals surface area (Å²) in [6.07, 6.45) is 1.83. The van der Waals surface area contributed by atoms with Gasteiger partial charge in [0.05, 0.1) is 16.8 Å². The van der Waals surface area contributed by atoms with E-state index in [0.29, 0.717) is 17.7 Å². The summed E-state index contributed by atoms with van der Waals surface area (Å²) >= 11 is 1.60. The van der Waals surface area contributed by atoms with Crippen molar-refractivity contribution in [2.24, 2.45) is 0 Å². The predicted molar refractivity (Wildman–Crippen MR) is 138 cm³/mol. The molecule has 6 nitrogen and oxygen atoms in total. The molecule has 0 aliphatic carbocycles. The molecule has 0 spiro atoms. The fraction of sp³-hybridized carbons (Fsp3) is 0.148. The average Bonchev–Trinajstić information content (AvgIpc) is 3.51. The van der Waals surface area contributed by atoms with Gasteiger partial charge in [-0.25, -0.2) is 4.98 Å². The van der Waals surface area contributed by atoms with Crippen LogP contribution in [0.1, 0.15) is 39.8 Å². The number of hydrogen-bond donors (Lipinski definition) is 3. The normalized spacial score (nSPS) is 13.7. The quantitative estimate of drug-likeness (QED) is 0.330. The molecule has 0 saturated heterocycles. The minimum Gasteiger partial charge on any atom is -0.358 e. The van der Waals surface area contributed by atoms with Crippen molar-refractivity contribution in [1.29, 1.82) is 0 Å². The molecule has 0 saturated carbocycles. The minimum absolute atomic E-state index is 0.116. The Hall–Kier alpha value is -3.97. The number of rotatable bonds is 5. The molecule has 0 fully saturated rings. The maximum atomic E-state index is 12.8. The Morgan fingerprint density at radius 3 is 2.68 bits per heavy atom. The van der Waals surface area contributed by atoms with Gasteiger partial charge in [0.25, 0.3) is 11.8 Å². The summed E-state index contributed by atoms with van der Waals surface area (Å²) in [4.78, 5) is 33.4. The molecule has 0 radical (unpaired) electrons. The summed E-state index contributed by atoms with van der Waals surface area (Å²) < 4.78 is 0. The van der Waals surface area contributed by atoms with Gasteiger partial charge in [-0.05, 0) is 44.5 Å². The second kappa shape index (κ2) is 8.76. The van der Waals surface area contributed by atoms with Gasteiger partial charge in [0.15, 0.2) is 0 Å². The lowest BCUT2D eigenvalue weighted by molar-refractivity contribution is -0.110. The van der Waals surface area contributed by atoms with Gasteiger partial charge in [-0.3, -0.25) is 9.59 Å². The number of benzene rings is 2. The number of aromatic amines is 1. The first-order chi connectivity index (χ1) is 16.5. The highest BCUT2D eigenvalue weighted by atomic mass is 32.1. The summed E-state index contributed by atoms with van der Waals surface area (Å²) in [7, 11) is 0. The van der Waals surface area contributed by atoms with E-state index in [1.165, 1.54) is 0 Å². The molecule has 2 aromatic heterocycles. The van der Waals surface area contributed by atoms with Gasteiger partial charge in [0, 0.05) is 45.7 Å². The van der Waals surface area contributed by atoms with Crippen molar-refractivity contribution in [2.75, 3.05) is 11.9 Å². The zero-order valence-electron chi connectivity index (χ0n) is 19.2. The van der Waals surface area contributed by atoms with Gasteiger partial charge in [0.2, 0.25) is 0 Å². The Labute approximate surface area is 201 Å². The largest absolute Gasteiger partial charge is 0.358 e. The first-order valence-corrected chi connectivity index (χ1v) is 12.0. The summed E-state index contributed by atoms with van der Waals surface area (Å²) in [6, 6.07) is 16.0. The molecule has 7 heteroatoms. The first-order valence-electron chi connectivity index (χ1n) is 11.1. The van der Waals surface area contributed by atoms with Crippen LogP contribution in [0, 0.1) is 13.8 Å². The maximum absolute atomic E-state index is 12.8. The fourth-order valence-corrected chi connectivity index (χ4v) is 5.10. The van der Waals surface area contributed by atoms with E-state index in [9.17, 15) is 9.59 Å². The number of thiazole rings is 1. The number of nitrogens with zero attached hydrogens (tertiary/aromatic N) is 1. The summed E-state index contributed by atoms with van der Waals surface area (Å²) in [5.74, 6) is -0.281. The highest BCUT2D eigenvalue weighted by Crippen LogP contribution is 2.38. The smallest absolute Gasteiger partial charge is 0.256 e. The van der Waals surface area contributed by atoms with E-state index in [1.807, 2.05) is 80.8 Å². The number of hydrogen-bond acceptors (Lipinski definition) is 4. The number of amides is 2. The number of aromatic nitrogens is 2. The molecular formula is C27H24N4O2S. The SMILES string of the molecule is CCNC(=O)c1c(C)[nH]c(C=C2C(=O)Nc3ccc(-c4csc(-c5ccccc5)n4)cc32)c1C. The van der Waals surface area contributed by atoms with Crippen LogP contribution in [-0.4, -0.2) is 28.3 Å². The van der Waals surface area contributed by atoms with Gasteiger partial charge in [-0.15, -0.1) is 11.3 Å². The lowest BCUT2D eigenvalue weighted by Gasteiger charge is -2.04. The van der Waals surface area contributed by atoms with Crippen molar-refractivity contribution in [3.8, 4) is 21.8 Å². The number of aryl methyl sites for hydroxylation is 1. The Bertz CT molecular complexity index is 1450. The van der Waals surface area contributed by atoms with Crippen molar-refractivity contribution in [3.63, 3.8) is 0 Å². The van der Waals surface area contributed by atoms with Crippen LogP contribution in [0.15, 0.2) is 53.9 Å². The van der Waals surface area contributed by atoms with Crippen LogP contribution >= 0.6 is 11.3 Å². The molecule has 34 heavy (non-hydrogen) atoms.